The first kappa shape index (κ1) is 18.1. The molecule has 0 saturated carbocycles. The van der Waals surface area contributed by atoms with Gasteiger partial charge in [-0.25, -0.2) is 4.98 Å². The summed E-state index contributed by atoms with van der Waals surface area (Å²) in [6.07, 6.45) is 0. The van der Waals surface area contributed by atoms with E-state index in [1.807, 2.05) is 24.3 Å². The molecule has 0 bridgehead atoms. The molecule has 1 aliphatic rings. The van der Waals surface area contributed by atoms with Crippen molar-refractivity contribution in [3.05, 3.63) is 66.2 Å². The quantitative estimate of drug-likeness (QED) is 0.540. The van der Waals surface area contributed by atoms with Crippen LogP contribution in [-0.2, 0) is 0 Å². The molecular weight excluding hydrogens is 384 g/mol. The molecule has 1 aliphatic heterocycles. The van der Waals surface area contributed by atoms with Crippen LogP contribution in [-0.4, -0.2) is 31.2 Å². The highest BCUT2D eigenvalue weighted by Crippen LogP contribution is 2.31. The Morgan fingerprint density at radius 1 is 0.967 bits per heavy atom. The fourth-order valence-corrected chi connectivity index (χ4v) is 3.25. The summed E-state index contributed by atoms with van der Waals surface area (Å²) < 4.78 is 22.1. The number of hydrogen-bond donors (Lipinski definition) is 1. The van der Waals surface area contributed by atoms with Gasteiger partial charge in [0, 0.05) is 16.8 Å². The zero-order valence-electron chi connectivity index (χ0n) is 16.2. The minimum Gasteiger partial charge on any atom is -0.497 e. The first-order valence-electron chi connectivity index (χ1n) is 9.45. The van der Waals surface area contributed by atoms with Crippen LogP contribution >= 0.6 is 0 Å². The zero-order chi connectivity index (χ0) is 20.5. The van der Waals surface area contributed by atoms with Crippen LogP contribution in [0.4, 0.5) is 5.69 Å². The van der Waals surface area contributed by atoms with E-state index in [4.69, 9.17) is 18.6 Å². The van der Waals surface area contributed by atoms with E-state index in [2.05, 4.69) is 10.3 Å². The number of fused-ring (bicyclic) bond motifs is 2. The largest absolute Gasteiger partial charge is 0.497 e. The SMILES string of the molecule is COc1ccc(-c2nc3cc(NC(=O)c4ccc5c(c4)OCCO5)ccc3o2)cc1. The van der Waals surface area contributed by atoms with E-state index in [9.17, 15) is 4.79 Å². The number of carbonyl (C=O) groups excluding carboxylic acids is 1. The van der Waals surface area contributed by atoms with Crippen molar-refractivity contribution >= 4 is 22.7 Å². The highest BCUT2D eigenvalue weighted by Gasteiger charge is 2.16. The van der Waals surface area contributed by atoms with Gasteiger partial charge in [-0.2, -0.15) is 0 Å². The molecule has 0 fully saturated rings. The zero-order valence-corrected chi connectivity index (χ0v) is 16.2. The third-order valence-electron chi connectivity index (χ3n) is 4.79. The molecule has 0 atom stereocenters. The lowest BCUT2D eigenvalue weighted by molar-refractivity contribution is 0.102. The van der Waals surface area contributed by atoms with Gasteiger partial charge in [0.15, 0.2) is 17.1 Å². The van der Waals surface area contributed by atoms with Crippen molar-refractivity contribution in [1.82, 2.24) is 4.98 Å². The molecule has 0 aliphatic carbocycles. The number of benzene rings is 3. The summed E-state index contributed by atoms with van der Waals surface area (Å²) in [7, 11) is 1.62. The predicted molar refractivity (Wildman–Crippen MR) is 111 cm³/mol. The maximum absolute atomic E-state index is 12.7. The lowest BCUT2D eigenvalue weighted by atomic mass is 10.1. The number of anilines is 1. The Morgan fingerprint density at radius 3 is 2.57 bits per heavy atom. The maximum atomic E-state index is 12.7. The summed E-state index contributed by atoms with van der Waals surface area (Å²) in [5, 5.41) is 2.89. The Balaban J connectivity index is 1.37. The Hall–Kier alpha value is -4.00. The Labute approximate surface area is 172 Å². The molecule has 4 aromatic rings. The van der Waals surface area contributed by atoms with Crippen molar-refractivity contribution in [1.29, 1.82) is 0 Å². The number of nitrogens with zero attached hydrogens (tertiary/aromatic N) is 1. The molecule has 5 rings (SSSR count). The van der Waals surface area contributed by atoms with Crippen LogP contribution in [0.1, 0.15) is 10.4 Å². The fourth-order valence-electron chi connectivity index (χ4n) is 3.25. The molecular formula is C23H18N2O5. The first-order valence-corrected chi connectivity index (χ1v) is 9.45. The molecule has 1 N–H and O–H groups in total. The molecule has 1 aromatic heterocycles. The van der Waals surface area contributed by atoms with Crippen LogP contribution < -0.4 is 19.5 Å². The van der Waals surface area contributed by atoms with E-state index < -0.39 is 0 Å². The summed E-state index contributed by atoms with van der Waals surface area (Å²) in [6, 6.07) is 17.9. The third kappa shape index (κ3) is 3.41. The van der Waals surface area contributed by atoms with Crippen LogP contribution in [0.15, 0.2) is 65.1 Å². The average Bonchev–Trinajstić information content (AvgIpc) is 3.22. The van der Waals surface area contributed by atoms with Crippen LogP contribution in [0, 0.1) is 0 Å². The number of rotatable bonds is 4. The number of nitrogens with one attached hydrogen (secondary N) is 1. The van der Waals surface area contributed by atoms with Crippen molar-refractivity contribution in [2.75, 3.05) is 25.6 Å². The number of amides is 1. The van der Waals surface area contributed by atoms with Gasteiger partial charge in [-0.05, 0) is 60.7 Å². The number of hydrogen-bond acceptors (Lipinski definition) is 6. The maximum Gasteiger partial charge on any atom is 0.255 e. The normalized spacial score (nSPS) is 12.6. The van der Waals surface area contributed by atoms with Gasteiger partial charge in [-0.1, -0.05) is 0 Å². The van der Waals surface area contributed by atoms with Crippen molar-refractivity contribution in [2.45, 2.75) is 0 Å². The number of ether oxygens (including phenoxy) is 3. The second kappa shape index (κ2) is 7.44. The van der Waals surface area contributed by atoms with Crippen LogP contribution in [0.2, 0.25) is 0 Å². The van der Waals surface area contributed by atoms with Crippen molar-refractivity contribution in [3.8, 4) is 28.7 Å². The Morgan fingerprint density at radius 2 is 1.77 bits per heavy atom. The van der Waals surface area contributed by atoms with Gasteiger partial charge in [-0.15, -0.1) is 0 Å². The minimum absolute atomic E-state index is 0.245. The molecule has 2 heterocycles. The molecule has 3 aromatic carbocycles. The topological polar surface area (TPSA) is 82.8 Å². The van der Waals surface area contributed by atoms with Crippen molar-refractivity contribution < 1.29 is 23.4 Å². The van der Waals surface area contributed by atoms with Gasteiger partial charge in [0.05, 0.1) is 7.11 Å². The molecule has 0 unspecified atom stereocenters. The average molecular weight is 402 g/mol. The molecule has 150 valence electrons. The van der Waals surface area contributed by atoms with Crippen LogP contribution in [0.25, 0.3) is 22.6 Å². The minimum atomic E-state index is -0.245. The van der Waals surface area contributed by atoms with E-state index in [-0.39, 0.29) is 5.91 Å². The monoisotopic (exact) mass is 402 g/mol. The molecule has 0 radical (unpaired) electrons. The lowest BCUT2D eigenvalue weighted by Gasteiger charge is -2.18. The van der Waals surface area contributed by atoms with Crippen LogP contribution in [0.5, 0.6) is 17.2 Å². The number of methoxy groups -OCH3 is 1. The standard InChI is InChI=1S/C23H18N2O5/c1-27-17-6-2-14(3-7-17)23-25-18-13-16(5-9-19(18)30-23)24-22(26)15-4-8-20-21(12-15)29-11-10-28-20/h2-9,12-13H,10-11H2,1H3,(H,24,26). The van der Waals surface area contributed by atoms with Crippen molar-refractivity contribution in [2.24, 2.45) is 0 Å². The Bertz CT molecular complexity index is 1230. The van der Waals surface area contributed by atoms with Gasteiger partial charge < -0.3 is 23.9 Å². The number of aromatic nitrogens is 1. The highest BCUT2D eigenvalue weighted by molar-refractivity contribution is 6.05. The summed E-state index contributed by atoms with van der Waals surface area (Å²) >= 11 is 0. The summed E-state index contributed by atoms with van der Waals surface area (Å²) in [4.78, 5) is 17.2. The third-order valence-corrected chi connectivity index (χ3v) is 4.79. The van der Waals surface area contributed by atoms with Gasteiger partial charge >= 0.3 is 0 Å². The van der Waals surface area contributed by atoms with E-state index in [0.717, 1.165) is 11.3 Å². The van der Waals surface area contributed by atoms with Crippen LogP contribution in [0.3, 0.4) is 0 Å². The van der Waals surface area contributed by atoms with E-state index >= 15 is 0 Å². The van der Waals surface area contributed by atoms with Gasteiger partial charge in [0.1, 0.15) is 24.5 Å². The Kier molecular flexibility index (Phi) is 4.48. The first-order chi connectivity index (χ1) is 14.7. The summed E-state index contributed by atoms with van der Waals surface area (Å²) in [6.45, 7) is 0.978. The molecule has 1 amide bonds. The fraction of sp³-hybridized carbons (Fsp3) is 0.130. The summed E-state index contributed by atoms with van der Waals surface area (Å²) in [5.74, 6) is 2.24. The van der Waals surface area contributed by atoms with Gasteiger partial charge in [0.2, 0.25) is 5.89 Å². The highest BCUT2D eigenvalue weighted by atomic mass is 16.6. The number of oxazole rings is 1. The number of carbonyl (C=O) groups is 1. The van der Waals surface area contributed by atoms with E-state index in [1.165, 1.54) is 0 Å². The predicted octanol–water partition coefficient (Wildman–Crippen LogP) is 4.53. The molecule has 7 nitrogen and oxygen atoms in total. The summed E-state index contributed by atoms with van der Waals surface area (Å²) in [5.41, 5.74) is 3.24. The molecule has 0 saturated heterocycles. The van der Waals surface area contributed by atoms with Gasteiger partial charge in [-0.3, -0.25) is 4.79 Å². The second-order valence-electron chi connectivity index (χ2n) is 6.74. The second-order valence-corrected chi connectivity index (χ2v) is 6.74. The van der Waals surface area contributed by atoms with Crippen molar-refractivity contribution in [3.63, 3.8) is 0 Å². The lowest BCUT2D eigenvalue weighted by Crippen LogP contribution is -2.17. The van der Waals surface area contributed by atoms with Gasteiger partial charge in [0.25, 0.3) is 5.91 Å². The van der Waals surface area contributed by atoms with E-state index in [1.54, 1.807) is 43.5 Å². The molecule has 7 heteroatoms. The smallest absolute Gasteiger partial charge is 0.255 e. The molecule has 0 spiro atoms. The van der Waals surface area contributed by atoms with E-state index in [0.29, 0.717) is 53.0 Å². The molecule has 30 heavy (non-hydrogen) atoms.